The van der Waals surface area contributed by atoms with Crippen molar-refractivity contribution in [2.45, 2.75) is 29.3 Å². The number of benzene rings is 2. The van der Waals surface area contributed by atoms with Crippen molar-refractivity contribution in [3.63, 3.8) is 0 Å². The molecule has 168 valence electrons. The van der Waals surface area contributed by atoms with Gasteiger partial charge < -0.3 is 11.2 Å². The fourth-order valence-corrected chi connectivity index (χ4v) is 5.81. The Kier molecular flexibility index (Phi) is 6.83. The lowest BCUT2D eigenvalue weighted by Crippen LogP contribution is -2.35. The Labute approximate surface area is 191 Å². The van der Waals surface area contributed by atoms with Crippen LogP contribution in [0.1, 0.15) is 19.3 Å². The molecule has 1 amide bonds. The van der Waals surface area contributed by atoms with E-state index in [4.69, 9.17) is 5.84 Å². The zero-order valence-electron chi connectivity index (χ0n) is 17.5. The van der Waals surface area contributed by atoms with E-state index >= 15 is 0 Å². The zero-order chi connectivity index (χ0) is 22.6. The van der Waals surface area contributed by atoms with Gasteiger partial charge >= 0.3 is 0 Å². The highest BCUT2D eigenvalue weighted by molar-refractivity contribution is 7.99. The largest absolute Gasteiger partial charge is 0.337 e. The predicted molar refractivity (Wildman–Crippen MR) is 126 cm³/mol. The third-order valence-corrected chi connectivity index (χ3v) is 8.03. The number of sulfonamides is 1. The van der Waals surface area contributed by atoms with Gasteiger partial charge in [0.05, 0.1) is 22.5 Å². The maximum Gasteiger partial charge on any atom is 0.243 e. The quantitative estimate of drug-likeness (QED) is 0.405. The fourth-order valence-electron chi connectivity index (χ4n) is 3.55. The minimum Gasteiger partial charge on any atom is -0.337 e. The average molecular weight is 472 g/mol. The minimum atomic E-state index is -3.56. The number of imidazole rings is 1. The van der Waals surface area contributed by atoms with E-state index in [-0.39, 0.29) is 16.6 Å². The monoisotopic (exact) mass is 471 g/mol. The molecular weight excluding hydrogens is 446 g/mol. The number of nitrogens with two attached hydrogens (primary N) is 1. The van der Waals surface area contributed by atoms with Gasteiger partial charge in [-0.3, -0.25) is 4.79 Å². The van der Waals surface area contributed by atoms with Gasteiger partial charge in [0.2, 0.25) is 15.9 Å². The van der Waals surface area contributed by atoms with Crippen LogP contribution in [0.5, 0.6) is 0 Å². The van der Waals surface area contributed by atoms with E-state index in [1.807, 2.05) is 30.3 Å². The first-order valence-corrected chi connectivity index (χ1v) is 12.8. The number of anilines is 1. The number of carbonyl (C=O) groups is 1. The van der Waals surface area contributed by atoms with Crippen molar-refractivity contribution in [3.8, 4) is 11.3 Å². The van der Waals surface area contributed by atoms with Crippen LogP contribution < -0.4 is 11.2 Å². The number of piperidine rings is 1. The summed E-state index contributed by atoms with van der Waals surface area (Å²) in [6.45, 7) is 1.07. The van der Waals surface area contributed by atoms with E-state index in [0.717, 1.165) is 30.5 Å². The predicted octanol–water partition coefficient (Wildman–Crippen LogP) is 3.17. The number of nitrogen functional groups attached to an aromatic ring is 1. The van der Waals surface area contributed by atoms with Crippen molar-refractivity contribution in [1.29, 1.82) is 0 Å². The molecule has 1 aromatic heterocycles. The first-order valence-electron chi connectivity index (χ1n) is 10.4. The highest BCUT2D eigenvalue weighted by atomic mass is 32.2. The summed E-state index contributed by atoms with van der Waals surface area (Å²) in [6, 6.07) is 16.0. The number of thioether (sulfide) groups is 1. The van der Waals surface area contributed by atoms with Gasteiger partial charge in [-0.2, -0.15) is 4.31 Å². The number of hydrogen-bond donors (Lipinski definition) is 2. The zero-order valence-corrected chi connectivity index (χ0v) is 19.1. The van der Waals surface area contributed by atoms with Crippen LogP contribution in [0.4, 0.5) is 5.69 Å². The fraction of sp³-hybridized carbons (Fsp3) is 0.273. The lowest BCUT2D eigenvalue weighted by molar-refractivity contribution is -0.113. The first kappa shape index (κ1) is 22.4. The van der Waals surface area contributed by atoms with Crippen LogP contribution in [0, 0.1) is 0 Å². The smallest absolute Gasteiger partial charge is 0.243 e. The third-order valence-electron chi connectivity index (χ3n) is 5.17. The van der Waals surface area contributed by atoms with E-state index in [1.54, 1.807) is 24.4 Å². The SMILES string of the molecule is Nn1cc(-c2ccccc2)nc1SCC(=O)Nc1cccc(S(=O)(=O)N2CCCCC2)c1. The molecule has 0 aliphatic carbocycles. The molecule has 8 nitrogen and oxygen atoms in total. The van der Waals surface area contributed by atoms with Crippen molar-refractivity contribution >= 4 is 33.4 Å². The van der Waals surface area contributed by atoms with Gasteiger partial charge in [-0.15, -0.1) is 0 Å². The Hall–Kier alpha value is -2.82. The summed E-state index contributed by atoms with van der Waals surface area (Å²) in [5.74, 6) is 5.80. The van der Waals surface area contributed by atoms with Crippen molar-refractivity contribution in [2.24, 2.45) is 0 Å². The molecule has 0 atom stereocenters. The molecule has 1 saturated heterocycles. The number of nitrogens with zero attached hydrogens (tertiary/aromatic N) is 3. The van der Waals surface area contributed by atoms with Crippen molar-refractivity contribution in [2.75, 3.05) is 30.0 Å². The van der Waals surface area contributed by atoms with Crippen LogP contribution in [-0.2, 0) is 14.8 Å². The van der Waals surface area contributed by atoms with Crippen LogP contribution in [0.15, 0.2) is 70.8 Å². The Morgan fingerprint density at radius 1 is 1.06 bits per heavy atom. The average Bonchev–Trinajstić information content (AvgIpc) is 3.19. The molecule has 0 radical (unpaired) electrons. The lowest BCUT2D eigenvalue weighted by atomic mass is 10.2. The molecule has 0 spiro atoms. The van der Waals surface area contributed by atoms with Crippen LogP contribution in [-0.4, -0.2) is 47.1 Å². The van der Waals surface area contributed by atoms with Crippen LogP contribution in [0.3, 0.4) is 0 Å². The molecule has 1 aliphatic rings. The molecule has 10 heteroatoms. The van der Waals surface area contributed by atoms with E-state index in [2.05, 4.69) is 10.3 Å². The number of carbonyl (C=O) groups excluding carboxylic acids is 1. The molecule has 1 fully saturated rings. The molecular formula is C22H25N5O3S2. The van der Waals surface area contributed by atoms with Gasteiger partial charge in [-0.05, 0) is 31.0 Å². The van der Waals surface area contributed by atoms with E-state index < -0.39 is 10.0 Å². The number of amides is 1. The van der Waals surface area contributed by atoms with Crippen LogP contribution >= 0.6 is 11.8 Å². The minimum absolute atomic E-state index is 0.0888. The van der Waals surface area contributed by atoms with E-state index in [0.29, 0.717) is 23.9 Å². The molecule has 0 bridgehead atoms. The highest BCUT2D eigenvalue weighted by Crippen LogP contribution is 2.25. The summed E-state index contributed by atoms with van der Waals surface area (Å²) in [5, 5.41) is 3.28. The highest BCUT2D eigenvalue weighted by Gasteiger charge is 2.26. The Bertz CT molecular complexity index is 1190. The van der Waals surface area contributed by atoms with Crippen molar-refractivity contribution in [3.05, 3.63) is 60.8 Å². The molecule has 0 saturated carbocycles. The van der Waals surface area contributed by atoms with Gasteiger partial charge in [0.1, 0.15) is 0 Å². The second kappa shape index (κ2) is 9.76. The third kappa shape index (κ3) is 5.14. The van der Waals surface area contributed by atoms with Crippen LogP contribution in [0.2, 0.25) is 0 Å². The Morgan fingerprint density at radius 3 is 2.56 bits per heavy atom. The summed E-state index contributed by atoms with van der Waals surface area (Å²) in [7, 11) is -3.56. The van der Waals surface area contributed by atoms with Gasteiger partial charge in [-0.25, -0.2) is 18.1 Å². The van der Waals surface area contributed by atoms with Crippen LogP contribution in [0.25, 0.3) is 11.3 Å². The molecule has 32 heavy (non-hydrogen) atoms. The second-order valence-corrected chi connectivity index (χ2v) is 10.4. The van der Waals surface area contributed by atoms with Crippen molar-refractivity contribution in [1.82, 2.24) is 14.0 Å². The number of hydrogen-bond acceptors (Lipinski definition) is 6. The second-order valence-electron chi connectivity index (χ2n) is 7.51. The molecule has 2 heterocycles. The molecule has 0 unspecified atom stereocenters. The standard InChI is InChI=1S/C22H25N5O3S2/c23-27-15-20(17-8-3-1-4-9-17)25-22(27)31-16-21(28)24-18-10-7-11-19(14-18)32(29,30)26-12-5-2-6-13-26/h1,3-4,7-11,14-15H,2,5-6,12-13,16,23H2,(H,24,28). The van der Waals surface area contributed by atoms with E-state index in [1.165, 1.54) is 26.8 Å². The normalized spacial score (nSPS) is 14.9. The molecule has 3 N–H and O–H groups in total. The van der Waals surface area contributed by atoms with Gasteiger partial charge in [0.15, 0.2) is 5.16 Å². The number of aromatic nitrogens is 2. The number of nitrogens with one attached hydrogen (secondary N) is 1. The lowest BCUT2D eigenvalue weighted by Gasteiger charge is -2.26. The van der Waals surface area contributed by atoms with Crippen molar-refractivity contribution < 1.29 is 13.2 Å². The maximum atomic E-state index is 12.9. The summed E-state index contributed by atoms with van der Waals surface area (Å²) >= 11 is 1.21. The molecule has 2 aromatic carbocycles. The summed E-state index contributed by atoms with van der Waals surface area (Å²) < 4.78 is 28.7. The first-order chi connectivity index (χ1) is 15.4. The molecule has 4 rings (SSSR count). The number of rotatable bonds is 7. The summed E-state index contributed by atoms with van der Waals surface area (Å²) in [5.41, 5.74) is 2.11. The Balaban J connectivity index is 1.39. The summed E-state index contributed by atoms with van der Waals surface area (Å²) in [4.78, 5) is 17.1. The molecule has 3 aromatic rings. The Morgan fingerprint density at radius 2 is 1.81 bits per heavy atom. The summed E-state index contributed by atoms with van der Waals surface area (Å²) in [6.07, 6.45) is 4.50. The van der Waals surface area contributed by atoms with Gasteiger partial charge in [0, 0.05) is 24.3 Å². The maximum absolute atomic E-state index is 12.9. The topological polar surface area (TPSA) is 110 Å². The molecule has 1 aliphatic heterocycles. The van der Waals surface area contributed by atoms with E-state index in [9.17, 15) is 13.2 Å². The van der Waals surface area contributed by atoms with Gasteiger partial charge in [-0.1, -0.05) is 54.6 Å². The van der Waals surface area contributed by atoms with Gasteiger partial charge in [0.25, 0.3) is 0 Å².